The molecular formula is C29H21N3O5. The molecule has 0 saturated carbocycles. The van der Waals surface area contributed by atoms with E-state index >= 15 is 0 Å². The van der Waals surface area contributed by atoms with Crippen molar-refractivity contribution < 1.29 is 19.1 Å². The first kappa shape index (κ1) is 23.5. The third-order valence-corrected chi connectivity index (χ3v) is 5.43. The van der Waals surface area contributed by atoms with Crippen molar-refractivity contribution in [2.24, 2.45) is 0 Å². The zero-order valence-electron chi connectivity index (χ0n) is 19.5. The van der Waals surface area contributed by atoms with Gasteiger partial charge in [-0.25, -0.2) is 4.79 Å². The number of para-hydroxylation sites is 2. The zero-order chi connectivity index (χ0) is 25.6. The van der Waals surface area contributed by atoms with Crippen LogP contribution in [0.2, 0.25) is 0 Å². The Bertz CT molecular complexity index is 1630. The van der Waals surface area contributed by atoms with Crippen LogP contribution in [0.25, 0.3) is 16.5 Å². The summed E-state index contributed by atoms with van der Waals surface area (Å²) >= 11 is 0. The molecule has 0 atom stereocenters. The van der Waals surface area contributed by atoms with Crippen molar-refractivity contribution in [2.45, 2.75) is 0 Å². The highest BCUT2D eigenvalue weighted by Gasteiger charge is 2.19. The molecule has 0 aliphatic rings. The zero-order valence-corrected chi connectivity index (χ0v) is 19.5. The second-order valence-electron chi connectivity index (χ2n) is 8.01. The SMILES string of the molecule is O=C(COC(=O)c1nn(-c2ccccc2)c(=O)c2ccccc12)Nc1cccc(Oc2ccccc2)c1. The number of hydrogen-bond acceptors (Lipinski definition) is 6. The second kappa shape index (κ2) is 10.6. The summed E-state index contributed by atoms with van der Waals surface area (Å²) in [7, 11) is 0. The van der Waals surface area contributed by atoms with Crippen molar-refractivity contribution >= 4 is 28.3 Å². The molecule has 1 aromatic heterocycles. The van der Waals surface area contributed by atoms with Crippen LogP contribution in [0.1, 0.15) is 10.5 Å². The Kier molecular flexibility index (Phi) is 6.72. The predicted molar refractivity (Wildman–Crippen MR) is 139 cm³/mol. The summed E-state index contributed by atoms with van der Waals surface area (Å²) in [5.74, 6) is -0.153. The number of carbonyl (C=O) groups is 2. The summed E-state index contributed by atoms with van der Waals surface area (Å²) in [5, 5.41) is 7.61. The van der Waals surface area contributed by atoms with Crippen LogP contribution in [0.3, 0.4) is 0 Å². The Hall–Kier alpha value is -5.24. The molecule has 5 aromatic rings. The molecule has 8 heteroatoms. The molecule has 0 aliphatic carbocycles. The first-order chi connectivity index (χ1) is 18.1. The average Bonchev–Trinajstić information content (AvgIpc) is 2.93. The van der Waals surface area contributed by atoms with E-state index in [9.17, 15) is 14.4 Å². The van der Waals surface area contributed by atoms with E-state index in [4.69, 9.17) is 9.47 Å². The lowest BCUT2D eigenvalue weighted by Gasteiger charge is -2.11. The van der Waals surface area contributed by atoms with E-state index in [2.05, 4.69) is 10.4 Å². The van der Waals surface area contributed by atoms with Crippen LogP contribution >= 0.6 is 0 Å². The third kappa shape index (κ3) is 5.38. The molecule has 0 spiro atoms. The molecule has 37 heavy (non-hydrogen) atoms. The molecule has 0 fully saturated rings. The van der Waals surface area contributed by atoms with Crippen molar-refractivity contribution in [3.8, 4) is 17.2 Å². The third-order valence-electron chi connectivity index (χ3n) is 5.43. The summed E-state index contributed by atoms with van der Waals surface area (Å²) in [6.45, 7) is -0.539. The van der Waals surface area contributed by atoms with Crippen molar-refractivity contribution in [2.75, 3.05) is 11.9 Å². The van der Waals surface area contributed by atoms with Gasteiger partial charge in [0.05, 0.1) is 11.1 Å². The lowest BCUT2D eigenvalue weighted by molar-refractivity contribution is -0.119. The van der Waals surface area contributed by atoms with E-state index in [0.717, 1.165) is 4.68 Å². The van der Waals surface area contributed by atoms with E-state index in [1.165, 1.54) is 0 Å². The topological polar surface area (TPSA) is 99.5 Å². The fourth-order valence-electron chi connectivity index (χ4n) is 3.74. The van der Waals surface area contributed by atoms with Crippen LogP contribution in [-0.4, -0.2) is 28.3 Å². The minimum Gasteiger partial charge on any atom is -0.457 e. The number of fused-ring (bicyclic) bond motifs is 1. The van der Waals surface area contributed by atoms with Gasteiger partial charge < -0.3 is 14.8 Å². The summed E-state index contributed by atoms with van der Waals surface area (Å²) < 4.78 is 12.2. The number of aromatic nitrogens is 2. The van der Waals surface area contributed by atoms with Crippen molar-refractivity contribution in [1.82, 2.24) is 9.78 Å². The Balaban J connectivity index is 1.31. The second-order valence-corrected chi connectivity index (χ2v) is 8.01. The van der Waals surface area contributed by atoms with Gasteiger partial charge in [-0.2, -0.15) is 9.78 Å². The first-order valence-corrected chi connectivity index (χ1v) is 11.5. The lowest BCUT2D eigenvalue weighted by Crippen LogP contribution is -2.26. The predicted octanol–water partition coefficient (Wildman–Crippen LogP) is 4.97. The largest absolute Gasteiger partial charge is 0.457 e. The van der Waals surface area contributed by atoms with Crippen LogP contribution < -0.4 is 15.6 Å². The maximum Gasteiger partial charge on any atom is 0.359 e. The van der Waals surface area contributed by atoms with Gasteiger partial charge in [-0.3, -0.25) is 9.59 Å². The summed E-state index contributed by atoms with van der Waals surface area (Å²) in [6.07, 6.45) is 0. The fourth-order valence-corrected chi connectivity index (χ4v) is 3.74. The molecule has 1 N–H and O–H groups in total. The normalized spacial score (nSPS) is 10.6. The van der Waals surface area contributed by atoms with E-state index < -0.39 is 18.5 Å². The van der Waals surface area contributed by atoms with Gasteiger partial charge in [0, 0.05) is 17.1 Å². The van der Waals surface area contributed by atoms with Gasteiger partial charge in [0.15, 0.2) is 12.3 Å². The molecule has 182 valence electrons. The maximum atomic E-state index is 13.0. The van der Waals surface area contributed by atoms with Crippen LogP contribution in [0.15, 0.2) is 114 Å². The molecule has 0 radical (unpaired) electrons. The van der Waals surface area contributed by atoms with Crippen molar-refractivity contribution in [1.29, 1.82) is 0 Å². The first-order valence-electron chi connectivity index (χ1n) is 11.5. The fraction of sp³-hybridized carbons (Fsp3) is 0.0345. The maximum absolute atomic E-state index is 13.0. The number of anilines is 1. The number of ether oxygens (including phenoxy) is 2. The molecule has 0 aliphatic heterocycles. The number of esters is 1. The minimum absolute atomic E-state index is 0.0647. The molecule has 1 amide bonds. The molecule has 5 rings (SSSR count). The summed E-state index contributed by atoms with van der Waals surface area (Å²) in [6, 6.07) is 31.5. The van der Waals surface area contributed by atoms with Crippen LogP contribution in [0.5, 0.6) is 11.5 Å². The Morgan fingerprint density at radius 2 is 1.41 bits per heavy atom. The number of amides is 1. The van der Waals surface area contributed by atoms with E-state index in [0.29, 0.717) is 33.6 Å². The molecule has 0 bridgehead atoms. The van der Waals surface area contributed by atoms with Gasteiger partial charge in [-0.15, -0.1) is 0 Å². The van der Waals surface area contributed by atoms with E-state index in [1.54, 1.807) is 72.8 Å². The Labute approximate surface area is 211 Å². The van der Waals surface area contributed by atoms with Gasteiger partial charge >= 0.3 is 5.97 Å². The van der Waals surface area contributed by atoms with Crippen LogP contribution in [0, 0.1) is 0 Å². The highest BCUT2D eigenvalue weighted by Crippen LogP contribution is 2.24. The van der Waals surface area contributed by atoms with Crippen molar-refractivity contribution in [3.63, 3.8) is 0 Å². The molecule has 0 saturated heterocycles. The highest BCUT2D eigenvalue weighted by molar-refractivity contribution is 6.03. The standard InChI is InChI=1S/C29H21N3O5/c33-26(30-20-10-9-15-23(18-20)37-22-13-5-2-6-14-22)19-36-29(35)27-24-16-7-8-17-25(24)28(34)32(31-27)21-11-3-1-4-12-21/h1-18H,19H2,(H,30,33). The smallest absolute Gasteiger partial charge is 0.359 e. The quantitative estimate of drug-likeness (QED) is 0.323. The van der Waals surface area contributed by atoms with Gasteiger partial charge in [0.2, 0.25) is 0 Å². The number of nitrogens with zero attached hydrogens (tertiary/aromatic N) is 2. The molecule has 0 unspecified atom stereocenters. The lowest BCUT2D eigenvalue weighted by atomic mass is 10.1. The van der Waals surface area contributed by atoms with Crippen LogP contribution in [0.4, 0.5) is 5.69 Å². The van der Waals surface area contributed by atoms with Gasteiger partial charge in [0.1, 0.15) is 11.5 Å². The number of nitrogens with one attached hydrogen (secondary N) is 1. The molecular weight excluding hydrogens is 470 g/mol. The summed E-state index contributed by atoms with van der Waals surface area (Å²) in [4.78, 5) is 38.5. The molecule has 1 heterocycles. The number of carbonyl (C=O) groups excluding carboxylic acids is 2. The Morgan fingerprint density at radius 3 is 2.16 bits per heavy atom. The van der Waals surface area contributed by atoms with Crippen molar-refractivity contribution in [3.05, 3.63) is 125 Å². The monoisotopic (exact) mass is 491 g/mol. The van der Waals surface area contributed by atoms with Gasteiger partial charge in [0.25, 0.3) is 11.5 Å². The summed E-state index contributed by atoms with van der Waals surface area (Å²) in [5.41, 5.74) is 0.553. The average molecular weight is 492 g/mol. The number of hydrogen-bond donors (Lipinski definition) is 1. The molecule has 8 nitrogen and oxygen atoms in total. The van der Waals surface area contributed by atoms with Gasteiger partial charge in [-0.05, 0) is 42.5 Å². The minimum atomic E-state index is -0.822. The van der Waals surface area contributed by atoms with Crippen LogP contribution in [-0.2, 0) is 9.53 Å². The highest BCUT2D eigenvalue weighted by atomic mass is 16.5. The number of rotatable bonds is 7. The Morgan fingerprint density at radius 1 is 0.757 bits per heavy atom. The molecule has 4 aromatic carbocycles. The number of benzene rings is 4. The van der Waals surface area contributed by atoms with E-state index in [1.807, 2.05) is 36.4 Å². The van der Waals surface area contributed by atoms with Gasteiger partial charge in [-0.1, -0.05) is 60.7 Å². The van der Waals surface area contributed by atoms with E-state index in [-0.39, 0.29) is 11.3 Å².